The van der Waals surface area contributed by atoms with E-state index in [2.05, 4.69) is 97.1 Å². The fourth-order valence-corrected chi connectivity index (χ4v) is 12.3. The predicted molar refractivity (Wildman–Crippen MR) is 152 cm³/mol. The van der Waals surface area contributed by atoms with Crippen molar-refractivity contribution >= 4 is 36.8 Å². The molecule has 0 aromatic heterocycles. The van der Waals surface area contributed by atoms with Gasteiger partial charge in [0.15, 0.2) is 7.51 Å². The molecule has 0 aliphatic carbocycles. The highest BCUT2D eigenvalue weighted by molar-refractivity contribution is 8.04. The van der Waals surface area contributed by atoms with Gasteiger partial charge in [-0.25, -0.2) is 18.5 Å². The van der Waals surface area contributed by atoms with E-state index in [0.29, 0.717) is 35.5 Å². The Bertz CT molecular complexity index is 456. The van der Waals surface area contributed by atoms with Gasteiger partial charge in [-0.15, -0.1) is 0 Å². The molecule has 0 aromatic carbocycles. The molecule has 32 heavy (non-hydrogen) atoms. The summed E-state index contributed by atoms with van der Waals surface area (Å²) in [6.45, 7) is 32.4. The van der Waals surface area contributed by atoms with Crippen molar-refractivity contribution in [1.82, 2.24) is 14.0 Å². The quantitative estimate of drug-likeness (QED) is 0.185. The summed E-state index contributed by atoms with van der Waals surface area (Å²) in [6.07, 6.45) is 0. The van der Waals surface area contributed by atoms with Gasteiger partial charge in [0.1, 0.15) is 0 Å². The van der Waals surface area contributed by atoms with Gasteiger partial charge in [-0.05, 0) is 35.5 Å². The van der Waals surface area contributed by atoms with Gasteiger partial charge in [0.25, 0.3) is 0 Å². The molecule has 0 unspecified atom stereocenters. The van der Waals surface area contributed by atoms with Gasteiger partial charge in [0, 0.05) is 39.3 Å². The second-order valence-corrected chi connectivity index (χ2v) is 18.2. The summed E-state index contributed by atoms with van der Waals surface area (Å²) in [5, 5.41) is 0. The van der Waals surface area contributed by atoms with Crippen LogP contribution in [0.2, 0.25) is 0 Å². The Morgan fingerprint density at radius 3 is 0.812 bits per heavy atom. The van der Waals surface area contributed by atoms with E-state index in [1.807, 2.05) is 0 Å². The highest BCUT2D eigenvalue weighted by Crippen LogP contribution is 2.68. The molecule has 0 saturated carbocycles. The van der Waals surface area contributed by atoms with Crippen LogP contribution in [0.4, 0.5) is 0 Å². The van der Waals surface area contributed by atoms with Crippen LogP contribution in [-0.4, -0.2) is 53.3 Å². The predicted octanol–water partition coefficient (Wildman–Crippen LogP) is 9.48. The fraction of sp³-hybridized carbons (Fsp3) is 1.00. The third-order valence-electron chi connectivity index (χ3n) is 4.78. The maximum atomic E-state index is 6.62. The van der Waals surface area contributed by atoms with Crippen LogP contribution in [0.5, 0.6) is 0 Å². The molecule has 0 amide bonds. The van der Waals surface area contributed by atoms with Gasteiger partial charge in [-0.3, -0.25) is 0 Å². The normalized spacial score (nSPS) is 13.8. The summed E-state index contributed by atoms with van der Waals surface area (Å²) in [4.78, 5) is 0. The molecule has 0 aromatic rings. The average Bonchev–Trinajstić information content (AvgIpc) is 2.55. The first-order valence-electron chi connectivity index (χ1n) is 12.6. The molecule has 0 heterocycles. The average molecular weight is 532 g/mol. The Morgan fingerprint density at radius 1 is 0.500 bits per heavy atom. The Kier molecular flexibility index (Phi) is 16.5. The van der Waals surface area contributed by atoms with E-state index in [4.69, 9.17) is 27.0 Å². The van der Waals surface area contributed by atoms with Crippen molar-refractivity contribution in [3.05, 3.63) is 0 Å². The number of hydrogen-bond acceptors (Lipinski definition) is 1. The topological polar surface area (TPSA) is 22.1 Å². The Labute approximate surface area is 212 Å². The molecule has 0 bridgehead atoms. The van der Waals surface area contributed by atoms with Gasteiger partial charge in [-0.1, -0.05) is 106 Å². The molecule has 0 fully saturated rings. The molecule has 0 radical (unpaired) electrons. The van der Waals surface area contributed by atoms with Crippen LogP contribution < -0.4 is 0 Å². The molecule has 0 atom stereocenters. The van der Waals surface area contributed by atoms with Crippen molar-refractivity contribution in [3.63, 3.8) is 0 Å². The van der Waals surface area contributed by atoms with Gasteiger partial charge in [0.05, 0.1) is 0 Å². The standard InChI is InChI=1S/C24H54Cl2N4P2/c1-19(2)13-28(14-20(3)4)32(27-31(25)26,29(15-21(5)6)16-22(7)8)30(17-23(9)10)18-24(11)12/h19-24H,13-18H2,1-12H3. The first kappa shape index (κ1) is 33.1. The van der Waals surface area contributed by atoms with Crippen LogP contribution in [0.3, 0.4) is 0 Å². The summed E-state index contributed by atoms with van der Waals surface area (Å²) in [5.74, 6) is 3.25. The second kappa shape index (κ2) is 16.0. The minimum absolute atomic E-state index is 0.542. The van der Waals surface area contributed by atoms with Crippen molar-refractivity contribution in [2.24, 2.45) is 40.0 Å². The van der Waals surface area contributed by atoms with E-state index >= 15 is 0 Å². The van der Waals surface area contributed by atoms with Crippen molar-refractivity contribution in [2.75, 3.05) is 39.3 Å². The fourth-order valence-electron chi connectivity index (χ4n) is 4.21. The summed E-state index contributed by atoms with van der Waals surface area (Å²) in [6, 6.07) is 0. The minimum atomic E-state index is -2.32. The maximum absolute atomic E-state index is 6.62. The van der Waals surface area contributed by atoms with E-state index in [-0.39, 0.29) is 0 Å². The van der Waals surface area contributed by atoms with Crippen LogP contribution in [0.1, 0.15) is 83.1 Å². The molecule has 4 nitrogen and oxygen atoms in total. The van der Waals surface area contributed by atoms with Gasteiger partial charge in [0.2, 0.25) is 6.78 Å². The zero-order valence-corrected chi connectivity index (χ0v) is 26.4. The van der Waals surface area contributed by atoms with Crippen molar-refractivity contribution < 1.29 is 0 Å². The molecular formula is C24H54Cl2N4P2. The number of rotatable bonds is 16. The Morgan fingerprint density at radius 2 is 0.688 bits per heavy atom. The lowest BCUT2D eigenvalue weighted by molar-refractivity contribution is 0.236. The number of hydrogen-bond donors (Lipinski definition) is 0. The van der Waals surface area contributed by atoms with E-state index in [1.165, 1.54) is 0 Å². The van der Waals surface area contributed by atoms with Crippen LogP contribution in [0.25, 0.3) is 0 Å². The molecule has 0 aliphatic heterocycles. The monoisotopic (exact) mass is 530 g/mol. The molecule has 8 heteroatoms. The van der Waals surface area contributed by atoms with E-state index < -0.39 is 14.3 Å². The number of halogens is 2. The van der Waals surface area contributed by atoms with E-state index in [1.54, 1.807) is 0 Å². The molecule has 0 N–H and O–H groups in total. The lowest BCUT2D eigenvalue weighted by atomic mass is 10.2. The molecular weight excluding hydrogens is 477 g/mol. The largest absolute Gasteiger partial charge is 0.245 e. The van der Waals surface area contributed by atoms with Gasteiger partial charge in [-0.2, -0.15) is 0 Å². The smallest absolute Gasteiger partial charge is 0.209 e. The molecule has 194 valence electrons. The van der Waals surface area contributed by atoms with Crippen LogP contribution in [0, 0.1) is 35.5 Å². The SMILES string of the molecule is CC(C)CN(CC(C)C)P(=NP(Cl)Cl)(N(CC(C)C)CC(C)C)N(CC(C)C)CC(C)C. The lowest BCUT2D eigenvalue weighted by Crippen LogP contribution is -2.47. The van der Waals surface area contributed by atoms with Crippen LogP contribution in [-0.2, 0) is 0 Å². The molecule has 0 spiro atoms. The third-order valence-corrected chi connectivity index (χ3v) is 10.8. The number of nitrogens with zero attached hydrogens (tertiary/aromatic N) is 4. The highest BCUT2D eigenvalue weighted by Gasteiger charge is 2.42. The summed E-state index contributed by atoms with van der Waals surface area (Å²) in [5.41, 5.74) is 0. The molecule has 0 saturated heterocycles. The Balaban J connectivity index is 7.25. The zero-order valence-electron chi connectivity index (χ0n) is 23.1. The van der Waals surface area contributed by atoms with E-state index in [9.17, 15) is 0 Å². The highest BCUT2D eigenvalue weighted by atomic mass is 35.9. The van der Waals surface area contributed by atoms with E-state index in [0.717, 1.165) is 39.3 Å². The Hall–Kier alpha value is 1.12. The minimum Gasteiger partial charge on any atom is -0.245 e. The van der Waals surface area contributed by atoms with Crippen LogP contribution >= 0.6 is 36.8 Å². The van der Waals surface area contributed by atoms with Gasteiger partial charge >= 0.3 is 0 Å². The summed E-state index contributed by atoms with van der Waals surface area (Å²) >= 11 is 13.2. The lowest BCUT2D eigenvalue weighted by Gasteiger charge is -2.52. The second-order valence-electron chi connectivity index (χ2n) is 11.8. The summed E-state index contributed by atoms with van der Waals surface area (Å²) in [7, 11) is -2.32. The summed E-state index contributed by atoms with van der Waals surface area (Å²) < 4.78 is 13.5. The maximum Gasteiger partial charge on any atom is 0.209 e. The van der Waals surface area contributed by atoms with Gasteiger partial charge < -0.3 is 0 Å². The van der Waals surface area contributed by atoms with Crippen molar-refractivity contribution in [1.29, 1.82) is 0 Å². The first-order chi connectivity index (χ1) is 14.6. The molecule has 0 aliphatic rings. The van der Waals surface area contributed by atoms with Crippen molar-refractivity contribution in [2.45, 2.75) is 83.1 Å². The van der Waals surface area contributed by atoms with Crippen molar-refractivity contribution in [3.8, 4) is 0 Å². The third kappa shape index (κ3) is 12.2. The first-order valence-corrected chi connectivity index (χ1v) is 17.3. The molecule has 0 rings (SSSR count). The zero-order chi connectivity index (χ0) is 25.2. The van der Waals surface area contributed by atoms with Crippen LogP contribution in [0.15, 0.2) is 4.52 Å².